The van der Waals surface area contributed by atoms with Crippen LogP contribution in [-0.2, 0) is 6.54 Å². The van der Waals surface area contributed by atoms with Crippen LogP contribution in [0.1, 0.15) is 36.5 Å². The summed E-state index contributed by atoms with van der Waals surface area (Å²) in [5.74, 6) is 1.21. The lowest BCUT2D eigenvalue weighted by Gasteiger charge is -2.27. The van der Waals surface area contributed by atoms with Gasteiger partial charge in [0.2, 0.25) is 0 Å². The molecule has 0 unspecified atom stereocenters. The number of likely N-dealkylation sites (tertiary alicyclic amines) is 1. The van der Waals surface area contributed by atoms with Crippen LogP contribution in [-0.4, -0.2) is 35.6 Å². The molecule has 2 aliphatic rings. The Bertz CT molecular complexity index is 757. The zero-order valence-corrected chi connectivity index (χ0v) is 14.7. The SMILES string of the molecule is O=C(NCc1ccc([C@H]2COc3cccnc3O2)cc1)N1CCCCC1. The van der Waals surface area contributed by atoms with Gasteiger partial charge in [-0.15, -0.1) is 0 Å². The minimum atomic E-state index is -0.172. The summed E-state index contributed by atoms with van der Waals surface area (Å²) in [4.78, 5) is 18.3. The number of amides is 2. The number of fused-ring (bicyclic) bond motifs is 1. The maximum absolute atomic E-state index is 12.2. The normalized spacial score (nSPS) is 19.1. The summed E-state index contributed by atoms with van der Waals surface area (Å²) >= 11 is 0. The van der Waals surface area contributed by atoms with Crippen molar-refractivity contribution >= 4 is 6.03 Å². The van der Waals surface area contributed by atoms with Gasteiger partial charge in [-0.25, -0.2) is 9.78 Å². The molecular formula is C20H23N3O3. The van der Waals surface area contributed by atoms with Crippen LogP contribution in [0.2, 0.25) is 0 Å². The van der Waals surface area contributed by atoms with Crippen molar-refractivity contribution in [3.63, 3.8) is 0 Å². The third kappa shape index (κ3) is 3.74. The fourth-order valence-electron chi connectivity index (χ4n) is 3.31. The van der Waals surface area contributed by atoms with Crippen LogP contribution in [0.5, 0.6) is 11.6 Å². The summed E-state index contributed by atoms with van der Waals surface area (Å²) in [5.41, 5.74) is 2.10. The van der Waals surface area contributed by atoms with E-state index < -0.39 is 0 Å². The van der Waals surface area contributed by atoms with Crippen molar-refractivity contribution in [3.8, 4) is 11.6 Å². The number of carbonyl (C=O) groups excluding carboxylic acids is 1. The number of rotatable bonds is 3. The minimum absolute atomic E-state index is 0.0282. The highest BCUT2D eigenvalue weighted by molar-refractivity contribution is 5.74. The van der Waals surface area contributed by atoms with Gasteiger partial charge in [-0.05, 0) is 42.5 Å². The molecule has 1 N–H and O–H groups in total. The van der Waals surface area contributed by atoms with Crippen molar-refractivity contribution in [3.05, 3.63) is 53.7 Å². The molecule has 6 nitrogen and oxygen atoms in total. The molecule has 6 heteroatoms. The third-order valence-corrected chi connectivity index (χ3v) is 4.82. The Hall–Kier alpha value is -2.76. The molecule has 136 valence electrons. The van der Waals surface area contributed by atoms with Gasteiger partial charge < -0.3 is 19.7 Å². The summed E-state index contributed by atoms with van der Waals surface area (Å²) in [7, 11) is 0. The van der Waals surface area contributed by atoms with Crippen LogP contribution in [0, 0.1) is 0 Å². The van der Waals surface area contributed by atoms with Gasteiger partial charge in [0.1, 0.15) is 6.61 Å². The Morgan fingerprint density at radius 2 is 1.96 bits per heavy atom. The van der Waals surface area contributed by atoms with Crippen LogP contribution in [0.15, 0.2) is 42.6 Å². The van der Waals surface area contributed by atoms with Crippen molar-refractivity contribution in [2.75, 3.05) is 19.7 Å². The first kappa shape index (κ1) is 16.7. The average molecular weight is 353 g/mol. The number of ether oxygens (including phenoxy) is 2. The number of aromatic nitrogens is 1. The molecule has 0 bridgehead atoms. The molecule has 2 aromatic rings. The van der Waals surface area contributed by atoms with Crippen LogP contribution < -0.4 is 14.8 Å². The predicted molar refractivity (Wildman–Crippen MR) is 97.2 cm³/mol. The van der Waals surface area contributed by atoms with E-state index in [0.29, 0.717) is 24.8 Å². The number of carbonyl (C=O) groups is 1. The Balaban J connectivity index is 1.33. The lowest BCUT2D eigenvalue weighted by molar-refractivity contribution is 0.0851. The summed E-state index contributed by atoms with van der Waals surface area (Å²) < 4.78 is 11.6. The van der Waals surface area contributed by atoms with E-state index in [-0.39, 0.29) is 12.1 Å². The highest BCUT2D eigenvalue weighted by atomic mass is 16.6. The minimum Gasteiger partial charge on any atom is -0.484 e. The van der Waals surface area contributed by atoms with Gasteiger partial charge in [-0.1, -0.05) is 24.3 Å². The molecule has 1 aromatic carbocycles. The van der Waals surface area contributed by atoms with E-state index in [4.69, 9.17) is 9.47 Å². The van der Waals surface area contributed by atoms with Crippen LogP contribution in [0.25, 0.3) is 0 Å². The predicted octanol–water partition coefficient (Wildman–Crippen LogP) is 3.29. The van der Waals surface area contributed by atoms with Gasteiger partial charge in [0, 0.05) is 25.8 Å². The summed E-state index contributed by atoms with van der Waals surface area (Å²) in [6, 6.07) is 11.8. The van der Waals surface area contributed by atoms with Crippen molar-refractivity contribution < 1.29 is 14.3 Å². The zero-order chi connectivity index (χ0) is 17.8. The van der Waals surface area contributed by atoms with Crippen molar-refractivity contribution in [1.29, 1.82) is 0 Å². The Morgan fingerprint density at radius 3 is 2.77 bits per heavy atom. The highest BCUT2D eigenvalue weighted by Crippen LogP contribution is 2.33. The Kier molecular flexibility index (Phi) is 4.91. The molecule has 1 fully saturated rings. The molecule has 3 heterocycles. The van der Waals surface area contributed by atoms with E-state index in [9.17, 15) is 4.79 Å². The Morgan fingerprint density at radius 1 is 1.15 bits per heavy atom. The van der Waals surface area contributed by atoms with Crippen molar-refractivity contribution in [2.24, 2.45) is 0 Å². The number of hydrogen-bond donors (Lipinski definition) is 1. The van der Waals surface area contributed by atoms with Crippen LogP contribution in [0.3, 0.4) is 0 Å². The molecule has 0 spiro atoms. The molecule has 1 aromatic heterocycles. The quantitative estimate of drug-likeness (QED) is 0.920. The summed E-state index contributed by atoms with van der Waals surface area (Å²) in [6.45, 7) is 2.71. The standard InChI is InChI=1S/C20H23N3O3/c24-20(23-11-2-1-3-12-23)22-13-15-6-8-16(9-7-15)18-14-25-17-5-4-10-21-19(17)26-18/h4-10,18H,1-3,11-14H2,(H,22,24)/t18-/m1/s1. The van der Waals surface area contributed by atoms with E-state index >= 15 is 0 Å². The highest BCUT2D eigenvalue weighted by Gasteiger charge is 2.23. The van der Waals surface area contributed by atoms with Crippen LogP contribution in [0.4, 0.5) is 4.79 Å². The fraction of sp³-hybridized carbons (Fsp3) is 0.400. The zero-order valence-electron chi connectivity index (χ0n) is 14.7. The molecule has 4 rings (SSSR count). The first-order valence-corrected chi connectivity index (χ1v) is 9.16. The maximum atomic E-state index is 12.2. The molecule has 0 saturated carbocycles. The molecule has 1 atom stereocenters. The van der Waals surface area contributed by atoms with E-state index in [1.807, 2.05) is 41.3 Å². The summed E-state index contributed by atoms with van der Waals surface area (Å²) in [6.07, 6.45) is 4.94. The van der Waals surface area contributed by atoms with E-state index in [1.54, 1.807) is 6.20 Å². The smallest absolute Gasteiger partial charge is 0.317 e. The number of benzene rings is 1. The number of piperidine rings is 1. The van der Waals surface area contributed by atoms with Crippen molar-refractivity contribution in [1.82, 2.24) is 15.2 Å². The number of hydrogen-bond acceptors (Lipinski definition) is 4. The average Bonchev–Trinajstić information content (AvgIpc) is 2.72. The second kappa shape index (κ2) is 7.64. The monoisotopic (exact) mass is 353 g/mol. The third-order valence-electron chi connectivity index (χ3n) is 4.82. The molecule has 0 radical (unpaired) electrons. The van der Waals surface area contributed by atoms with Gasteiger partial charge >= 0.3 is 6.03 Å². The number of urea groups is 1. The largest absolute Gasteiger partial charge is 0.484 e. The number of nitrogens with one attached hydrogen (secondary N) is 1. The van der Waals surface area contributed by atoms with E-state index in [0.717, 1.165) is 37.1 Å². The molecular weight excluding hydrogens is 330 g/mol. The summed E-state index contributed by atoms with van der Waals surface area (Å²) in [5, 5.41) is 3.00. The molecule has 26 heavy (non-hydrogen) atoms. The Labute approximate surface area is 153 Å². The topological polar surface area (TPSA) is 63.7 Å². The number of nitrogens with zero attached hydrogens (tertiary/aromatic N) is 2. The van der Waals surface area contributed by atoms with Crippen LogP contribution >= 0.6 is 0 Å². The molecule has 1 saturated heterocycles. The fourth-order valence-corrected chi connectivity index (χ4v) is 3.31. The second-order valence-electron chi connectivity index (χ2n) is 6.67. The second-order valence-corrected chi connectivity index (χ2v) is 6.67. The molecule has 2 amide bonds. The van der Waals surface area contributed by atoms with E-state index in [1.165, 1.54) is 6.42 Å². The molecule has 0 aliphatic carbocycles. The lowest BCUT2D eigenvalue weighted by atomic mass is 10.1. The first-order chi connectivity index (χ1) is 12.8. The van der Waals surface area contributed by atoms with Gasteiger partial charge in [0.15, 0.2) is 11.9 Å². The van der Waals surface area contributed by atoms with Crippen molar-refractivity contribution in [2.45, 2.75) is 31.9 Å². The number of pyridine rings is 1. The maximum Gasteiger partial charge on any atom is 0.317 e. The lowest BCUT2D eigenvalue weighted by Crippen LogP contribution is -2.42. The van der Waals surface area contributed by atoms with Gasteiger partial charge in [-0.2, -0.15) is 0 Å². The van der Waals surface area contributed by atoms with Gasteiger partial charge in [-0.3, -0.25) is 0 Å². The molecule has 2 aliphatic heterocycles. The van der Waals surface area contributed by atoms with Gasteiger partial charge in [0.25, 0.3) is 5.88 Å². The first-order valence-electron chi connectivity index (χ1n) is 9.16. The van der Waals surface area contributed by atoms with E-state index in [2.05, 4.69) is 10.3 Å². The van der Waals surface area contributed by atoms with Gasteiger partial charge in [0.05, 0.1) is 0 Å².